The number of rotatable bonds is 6. The molecule has 5 nitrogen and oxygen atoms in total. The van der Waals surface area contributed by atoms with E-state index in [1.54, 1.807) is 21.0 Å². The molecule has 0 spiro atoms. The largest absolute Gasteiger partial charge is 0.497 e. The molecule has 1 N–H and O–H groups in total. The molecule has 2 rings (SSSR count). The molecule has 0 bridgehead atoms. The number of ether oxygens (including phenoxy) is 1. The van der Waals surface area contributed by atoms with Crippen LogP contribution in [0.1, 0.15) is 39.2 Å². The number of methoxy groups -OCH3 is 1. The summed E-state index contributed by atoms with van der Waals surface area (Å²) in [5, 5.41) is 2.91. The van der Waals surface area contributed by atoms with Crippen molar-refractivity contribution in [2.45, 2.75) is 40.0 Å². The Bertz CT molecular complexity index is 613. The van der Waals surface area contributed by atoms with Crippen molar-refractivity contribution in [3.8, 4) is 5.75 Å². The van der Waals surface area contributed by atoms with Gasteiger partial charge in [0.05, 0.1) is 7.11 Å². The van der Waals surface area contributed by atoms with E-state index in [4.69, 9.17) is 4.74 Å². The number of hydrogen-bond acceptors (Lipinski definition) is 3. The zero-order valence-corrected chi connectivity index (χ0v) is 15.8. The van der Waals surface area contributed by atoms with Gasteiger partial charge in [-0.2, -0.15) is 0 Å². The van der Waals surface area contributed by atoms with Gasteiger partial charge in [-0.25, -0.2) is 0 Å². The maximum absolute atomic E-state index is 12.8. The Balaban J connectivity index is 1.88. The lowest BCUT2D eigenvalue weighted by molar-refractivity contribution is -0.149. The van der Waals surface area contributed by atoms with E-state index >= 15 is 0 Å². The Morgan fingerprint density at radius 3 is 2.80 bits per heavy atom. The average Bonchev–Trinajstić information content (AvgIpc) is 2.61. The quantitative estimate of drug-likeness (QED) is 0.806. The predicted octanol–water partition coefficient (Wildman–Crippen LogP) is 2.64. The molecule has 1 unspecified atom stereocenters. The van der Waals surface area contributed by atoms with E-state index in [1.807, 2.05) is 29.2 Å². The molecule has 1 heterocycles. The summed E-state index contributed by atoms with van der Waals surface area (Å²) in [7, 11) is 1.64. The van der Waals surface area contributed by atoms with Gasteiger partial charge in [0.15, 0.2) is 0 Å². The van der Waals surface area contributed by atoms with Crippen LogP contribution < -0.4 is 10.1 Å². The SMILES string of the molecule is COc1cccc(CCNC(=O)C(C)(C)C(=O)N2CCCC(C)C2)c1. The summed E-state index contributed by atoms with van der Waals surface area (Å²) in [6.07, 6.45) is 2.87. The van der Waals surface area contributed by atoms with E-state index in [1.165, 1.54) is 0 Å². The van der Waals surface area contributed by atoms with Crippen LogP contribution in [0.5, 0.6) is 5.75 Å². The Labute approximate surface area is 150 Å². The van der Waals surface area contributed by atoms with Crippen LogP contribution in [-0.4, -0.2) is 43.5 Å². The molecule has 1 aliphatic heterocycles. The highest BCUT2D eigenvalue weighted by atomic mass is 16.5. The highest BCUT2D eigenvalue weighted by Crippen LogP contribution is 2.24. The van der Waals surface area contributed by atoms with Crippen LogP contribution >= 0.6 is 0 Å². The van der Waals surface area contributed by atoms with Gasteiger partial charge in [-0.15, -0.1) is 0 Å². The van der Waals surface area contributed by atoms with E-state index in [0.29, 0.717) is 18.9 Å². The summed E-state index contributed by atoms with van der Waals surface area (Å²) in [5.74, 6) is 1.03. The first-order valence-corrected chi connectivity index (χ1v) is 9.05. The summed E-state index contributed by atoms with van der Waals surface area (Å²) in [5.41, 5.74) is 0.0551. The second-order valence-corrected chi connectivity index (χ2v) is 7.48. The van der Waals surface area contributed by atoms with Gasteiger partial charge < -0.3 is 15.0 Å². The monoisotopic (exact) mass is 346 g/mol. The van der Waals surface area contributed by atoms with Crippen molar-refractivity contribution in [1.29, 1.82) is 0 Å². The van der Waals surface area contributed by atoms with Crippen molar-refractivity contribution < 1.29 is 14.3 Å². The van der Waals surface area contributed by atoms with Gasteiger partial charge in [0.25, 0.3) is 0 Å². The zero-order valence-electron chi connectivity index (χ0n) is 15.8. The second kappa shape index (κ2) is 8.37. The number of carbonyl (C=O) groups is 2. The van der Waals surface area contributed by atoms with E-state index in [2.05, 4.69) is 12.2 Å². The number of likely N-dealkylation sites (tertiary alicyclic amines) is 1. The zero-order chi connectivity index (χ0) is 18.4. The number of amides is 2. The fraction of sp³-hybridized carbons (Fsp3) is 0.600. The smallest absolute Gasteiger partial charge is 0.237 e. The Hall–Kier alpha value is -2.04. The van der Waals surface area contributed by atoms with E-state index in [9.17, 15) is 9.59 Å². The van der Waals surface area contributed by atoms with Crippen LogP contribution in [0, 0.1) is 11.3 Å². The van der Waals surface area contributed by atoms with E-state index in [0.717, 1.165) is 37.2 Å². The molecule has 1 fully saturated rings. The van der Waals surface area contributed by atoms with Crippen molar-refractivity contribution in [3.05, 3.63) is 29.8 Å². The fourth-order valence-electron chi connectivity index (χ4n) is 3.24. The molecule has 25 heavy (non-hydrogen) atoms. The van der Waals surface area contributed by atoms with E-state index in [-0.39, 0.29) is 11.8 Å². The van der Waals surface area contributed by atoms with Crippen LogP contribution in [0.4, 0.5) is 0 Å². The molecule has 5 heteroatoms. The van der Waals surface area contributed by atoms with Crippen LogP contribution in [0.3, 0.4) is 0 Å². The second-order valence-electron chi connectivity index (χ2n) is 7.48. The molecule has 1 aromatic carbocycles. The first kappa shape index (κ1) is 19.3. The first-order chi connectivity index (χ1) is 11.8. The summed E-state index contributed by atoms with van der Waals surface area (Å²) in [6.45, 7) is 7.59. The van der Waals surface area contributed by atoms with Gasteiger partial charge in [-0.05, 0) is 56.7 Å². The molecule has 138 valence electrons. The Kier molecular flexibility index (Phi) is 6.45. The molecular weight excluding hydrogens is 316 g/mol. The molecule has 0 aliphatic carbocycles. The van der Waals surface area contributed by atoms with Crippen molar-refractivity contribution >= 4 is 11.8 Å². The number of nitrogens with one attached hydrogen (secondary N) is 1. The van der Waals surface area contributed by atoms with Crippen molar-refractivity contribution in [2.75, 3.05) is 26.7 Å². The third kappa shape index (κ3) is 4.97. The van der Waals surface area contributed by atoms with Crippen molar-refractivity contribution in [1.82, 2.24) is 10.2 Å². The third-order valence-electron chi connectivity index (χ3n) is 4.88. The number of piperidine rings is 1. The van der Waals surface area contributed by atoms with Crippen LogP contribution in [0.25, 0.3) is 0 Å². The molecule has 1 atom stereocenters. The molecule has 1 aliphatic rings. The molecule has 1 saturated heterocycles. The Morgan fingerprint density at radius 2 is 2.12 bits per heavy atom. The van der Waals surface area contributed by atoms with Gasteiger partial charge in [0, 0.05) is 19.6 Å². The highest BCUT2D eigenvalue weighted by Gasteiger charge is 2.39. The standard InChI is InChI=1S/C20H30N2O3/c1-15-7-6-12-22(14-15)19(24)20(2,3)18(23)21-11-10-16-8-5-9-17(13-16)25-4/h5,8-9,13,15H,6-7,10-12,14H2,1-4H3,(H,21,23). The van der Waals surface area contributed by atoms with Crippen molar-refractivity contribution in [3.63, 3.8) is 0 Å². The number of hydrogen-bond donors (Lipinski definition) is 1. The predicted molar refractivity (Wildman–Crippen MR) is 98.5 cm³/mol. The summed E-state index contributed by atoms with van der Waals surface area (Å²) in [4.78, 5) is 27.2. The topological polar surface area (TPSA) is 58.6 Å². The minimum absolute atomic E-state index is 0.0714. The minimum atomic E-state index is -1.04. The van der Waals surface area contributed by atoms with Crippen molar-refractivity contribution in [2.24, 2.45) is 11.3 Å². The Morgan fingerprint density at radius 1 is 1.36 bits per heavy atom. The van der Waals surface area contributed by atoms with Gasteiger partial charge >= 0.3 is 0 Å². The van der Waals surface area contributed by atoms with Gasteiger partial charge in [0.2, 0.25) is 11.8 Å². The lowest BCUT2D eigenvalue weighted by Crippen LogP contribution is -2.52. The summed E-state index contributed by atoms with van der Waals surface area (Å²) < 4.78 is 5.21. The molecule has 0 radical (unpaired) electrons. The van der Waals surface area contributed by atoms with E-state index < -0.39 is 5.41 Å². The number of benzene rings is 1. The maximum atomic E-state index is 12.8. The van der Waals surface area contributed by atoms with Gasteiger partial charge in [-0.3, -0.25) is 9.59 Å². The normalized spacial score (nSPS) is 17.9. The lowest BCUT2D eigenvalue weighted by atomic mass is 9.88. The van der Waals surface area contributed by atoms with Crippen LogP contribution in [0.2, 0.25) is 0 Å². The van der Waals surface area contributed by atoms with Gasteiger partial charge in [0.1, 0.15) is 11.2 Å². The third-order valence-corrected chi connectivity index (χ3v) is 4.88. The van der Waals surface area contributed by atoms with Crippen LogP contribution in [-0.2, 0) is 16.0 Å². The van der Waals surface area contributed by atoms with Crippen LogP contribution in [0.15, 0.2) is 24.3 Å². The molecule has 0 aromatic heterocycles. The molecular formula is C20H30N2O3. The molecule has 1 aromatic rings. The fourth-order valence-corrected chi connectivity index (χ4v) is 3.24. The molecule has 2 amide bonds. The first-order valence-electron chi connectivity index (χ1n) is 9.05. The molecule has 0 saturated carbocycles. The number of carbonyl (C=O) groups excluding carboxylic acids is 2. The summed E-state index contributed by atoms with van der Waals surface area (Å²) in [6, 6.07) is 7.78. The summed E-state index contributed by atoms with van der Waals surface area (Å²) >= 11 is 0. The number of nitrogens with zero attached hydrogens (tertiary/aromatic N) is 1. The lowest BCUT2D eigenvalue weighted by Gasteiger charge is -2.36. The minimum Gasteiger partial charge on any atom is -0.497 e. The highest BCUT2D eigenvalue weighted by molar-refractivity contribution is 6.04. The maximum Gasteiger partial charge on any atom is 0.237 e. The van der Waals surface area contributed by atoms with Gasteiger partial charge in [-0.1, -0.05) is 19.1 Å². The average molecular weight is 346 g/mol.